The lowest BCUT2D eigenvalue weighted by atomic mass is 9.79. The van der Waals surface area contributed by atoms with Crippen LogP contribution in [0.15, 0.2) is 54.6 Å². The topological polar surface area (TPSA) is 94.5 Å². The molecule has 3 atom stereocenters. The molecule has 7 heteroatoms. The fraction of sp³-hybridized carbons (Fsp3) is 0.296. The summed E-state index contributed by atoms with van der Waals surface area (Å²) in [5, 5.41) is 19.9. The van der Waals surface area contributed by atoms with Crippen molar-refractivity contribution in [2.45, 2.75) is 18.8 Å². The zero-order valence-electron chi connectivity index (χ0n) is 19.0. The third kappa shape index (κ3) is 3.72. The summed E-state index contributed by atoms with van der Waals surface area (Å²) in [6.45, 7) is 2.09. The lowest BCUT2D eigenvalue weighted by molar-refractivity contribution is -0.142. The summed E-state index contributed by atoms with van der Waals surface area (Å²) in [5.41, 5.74) is 4.57. The molecule has 176 valence electrons. The van der Waals surface area contributed by atoms with Crippen molar-refractivity contribution < 1.29 is 34.0 Å². The molecule has 5 rings (SSSR count). The van der Waals surface area contributed by atoms with Gasteiger partial charge in [-0.2, -0.15) is 0 Å². The summed E-state index contributed by atoms with van der Waals surface area (Å²) < 4.78 is 22.2. The molecule has 7 nitrogen and oxygen atoms in total. The van der Waals surface area contributed by atoms with Crippen molar-refractivity contribution in [2.24, 2.45) is 5.92 Å². The Morgan fingerprint density at radius 3 is 2.53 bits per heavy atom. The number of carbonyl (C=O) groups is 1. The Morgan fingerprint density at radius 1 is 0.971 bits per heavy atom. The van der Waals surface area contributed by atoms with Crippen molar-refractivity contribution in [3.63, 3.8) is 0 Å². The number of methoxy groups -OCH3 is 1. The van der Waals surface area contributed by atoms with Crippen molar-refractivity contribution in [3.8, 4) is 23.0 Å². The van der Waals surface area contributed by atoms with Gasteiger partial charge in [0.1, 0.15) is 18.1 Å². The number of ether oxygens (including phenoxy) is 4. The molecule has 0 saturated heterocycles. The van der Waals surface area contributed by atoms with Crippen LogP contribution in [0.2, 0.25) is 0 Å². The Morgan fingerprint density at radius 2 is 1.76 bits per heavy atom. The Balaban J connectivity index is 1.69. The van der Waals surface area contributed by atoms with Crippen molar-refractivity contribution in [1.29, 1.82) is 0 Å². The molecule has 1 aliphatic carbocycles. The normalized spacial score (nSPS) is 20.1. The first kappa shape index (κ1) is 22.1. The van der Waals surface area contributed by atoms with E-state index in [2.05, 4.69) is 6.07 Å². The maximum Gasteiger partial charge on any atom is 0.308 e. The lowest BCUT2D eigenvalue weighted by Gasteiger charge is -2.25. The zero-order valence-corrected chi connectivity index (χ0v) is 19.0. The molecular weight excluding hydrogens is 436 g/mol. The quantitative estimate of drug-likeness (QED) is 0.546. The Labute approximate surface area is 197 Å². The first-order chi connectivity index (χ1) is 16.5. The van der Waals surface area contributed by atoms with Gasteiger partial charge in [0.15, 0.2) is 11.5 Å². The summed E-state index contributed by atoms with van der Waals surface area (Å²) >= 11 is 0. The van der Waals surface area contributed by atoms with Gasteiger partial charge in [-0.05, 0) is 41.8 Å². The Bertz CT molecular complexity index is 1240. The van der Waals surface area contributed by atoms with Gasteiger partial charge in [0.05, 0.1) is 19.6 Å². The molecule has 0 spiro atoms. The van der Waals surface area contributed by atoms with Gasteiger partial charge in [0.25, 0.3) is 0 Å². The van der Waals surface area contributed by atoms with E-state index < -0.39 is 17.8 Å². The predicted octanol–water partition coefficient (Wildman–Crippen LogP) is 4.08. The molecule has 0 saturated carbocycles. The molecule has 0 bridgehead atoms. The number of hydrogen-bond donors (Lipinski definition) is 2. The number of fused-ring (bicyclic) bond motifs is 2. The van der Waals surface area contributed by atoms with Crippen LogP contribution in [0, 0.1) is 12.8 Å². The molecule has 2 aliphatic rings. The Hall–Kier alpha value is -3.71. The third-order valence-electron chi connectivity index (χ3n) is 6.58. The smallest absolute Gasteiger partial charge is 0.308 e. The lowest BCUT2D eigenvalue weighted by Crippen LogP contribution is -2.24. The first-order valence-electron chi connectivity index (χ1n) is 11.2. The highest BCUT2D eigenvalue weighted by atomic mass is 16.7. The number of aliphatic carboxylic acids is 1. The number of benzene rings is 3. The average Bonchev–Trinajstić information content (AvgIpc) is 3.44. The molecule has 3 aromatic carbocycles. The minimum Gasteiger partial charge on any atom is -0.497 e. The second-order valence-corrected chi connectivity index (χ2v) is 8.54. The van der Waals surface area contributed by atoms with E-state index in [1.54, 1.807) is 13.2 Å². The Kier molecular flexibility index (Phi) is 5.79. The molecule has 1 aliphatic heterocycles. The van der Waals surface area contributed by atoms with Gasteiger partial charge in [-0.25, -0.2) is 0 Å². The van der Waals surface area contributed by atoms with Crippen molar-refractivity contribution in [1.82, 2.24) is 0 Å². The van der Waals surface area contributed by atoms with Gasteiger partial charge in [0, 0.05) is 23.5 Å². The number of carboxylic acids is 1. The molecule has 34 heavy (non-hydrogen) atoms. The van der Waals surface area contributed by atoms with E-state index in [1.165, 1.54) is 0 Å². The number of aliphatic hydroxyl groups excluding tert-OH is 1. The van der Waals surface area contributed by atoms with Crippen LogP contribution >= 0.6 is 0 Å². The van der Waals surface area contributed by atoms with E-state index in [0.717, 1.165) is 27.8 Å². The van der Waals surface area contributed by atoms with Crippen LogP contribution in [-0.4, -0.2) is 43.3 Å². The number of hydrogen-bond acceptors (Lipinski definition) is 6. The maximum atomic E-state index is 12.8. The monoisotopic (exact) mass is 462 g/mol. The molecule has 0 amide bonds. The second-order valence-electron chi connectivity index (χ2n) is 8.54. The first-order valence-corrected chi connectivity index (χ1v) is 11.2. The van der Waals surface area contributed by atoms with Crippen LogP contribution in [0.1, 0.15) is 39.7 Å². The van der Waals surface area contributed by atoms with Crippen LogP contribution in [0.3, 0.4) is 0 Å². The predicted molar refractivity (Wildman–Crippen MR) is 124 cm³/mol. The number of rotatable bonds is 7. The summed E-state index contributed by atoms with van der Waals surface area (Å²) in [6.07, 6.45) is 0. The molecule has 0 radical (unpaired) electrons. The van der Waals surface area contributed by atoms with E-state index in [4.69, 9.17) is 18.9 Å². The molecule has 3 aromatic rings. The van der Waals surface area contributed by atoms with Gasteiger partial charge in [-0.3, -0.25) is 4.79 Å². The SMILES string of the molecule is COc1ccc(C2c3cc(C)ccc3C(c3ccc4c(c3)OCO4)C2C(=O)O)c(OCCO)c1. The maximum absolute atomic E-state index is 12.8. The standard InChI is InChI=1S/C27H26O7/c1-15-3-6-18-20(11-15)25(19-7-5-17(31-2)13-22(19)32-10-9-28)26(27(29)30)24(18)16-4-8-21-23(12-16)34-14-33-21/h3-8,11-13,24-26,28H,9-10,14H2,1-2H3,(H,29,30). The van der Waals surface area contributed by atoms with Gasteiger partial charge in [-0.1, -0.05) is 35.9 Å². The number of carboxylic acid groups (broad SMARTS) is 1. The minimum atomic E-state index is -0.898. The minimum absolute atomic E-state index is 0.0941. The van der Waals surface area contributed by atoms with Crippen LogP contribution in [-0.2, 0) is 4.79 Å². The van der Waals surface area contributed by atoms with Crippen molar-refractivity contribution >= 4 is 5.97 Å². The second kappa shape index (κ2) is 8.91. The van der Waals surface area contributed by atoms with Gasteiger partial charge >= 0.3 is 5.97 Å². The highest BCUT2D eigenvalue weighted by molar-refractivity contribution is 5.78. The van der Waals surface area contributed by atoms with E-state index in [1.807, 2.05) is 49.4 Å². The van der Waals surface area contributed by atoms with E-state index in [-0.39, 0.29) is 25.9 Å². The highest BCUT2D eigenvalue weighted by Crippen LogP contribution is 2.55. The van der Waals surface area contributed by atoms with E-state index >= 15 is 0 Å². The zero-order chi connectivity index (χ0) is 23.8. The van der Waals surface area contributed by atoms with E-state index in [9.17, 15) is 15.0 Å². The van der Waals surface area contributed by atoms with Crippen LogP contribution in [0.5, 0.6) is 23.0 Å². The number of aliphatic hydroxyl groups is 1. The van der Waals surface area contributed by atoms with Gasteiger partial charge < -0.3 is 29.2 Å². The van der Waals surface area contributed by atoms with Crippen LogP contribution < -0.4 is 18.9 Å². The summed E-state index contributed by atoms with van der Waals surface area (Å²) in [6, 6.07) is 17.1. The fourth-order valence-electron chi connectivity index (χ4n) is 5.14. The van der Waals surface area contributed by atoms with Gasteiger partial charge in [-0.15, -0.1) is 0 Å². The van der Waals surface area contributed by atoms with Crippen molar-refractivity contribution in [3.05, 3.63) is 82.4 Å². The third-order valence-corrected chi connectivity index (χ3v) is 6.58. The highest BCUT2D eigenvalue weighted by Gasteiger charge is 2.47. The summed E-state index contributed by atoms with van der Waals surface area (Å²) in [4.78, 5) is 12.8. The molecular formula is C27H26O7. The van der Waals surface area contributed by atoms with E-state index in [0.29, 0.717) is 23.0 Å². The molecule has 3 unspecified atom stereocenters. The summed E-state index contributed by atoms with van der Waals surface area (Å²) in [7, 11) is 1.56. The number of aryl methyl sites for hydroxylation is 1. The molecule has 0 fully saturated rings. The average molecular weight is 462 g/mol. The molecule has 1 heterocycles. The van der Waals surface area contributed by atoms with Crippen LogP contribution in [0.25, 0.3) is 0 Å². The fourth-order valence-corrected chi connectivity index (χ4v) is 5.14. The largest absolute Gasteiger partial charge is 0.497 e. The van der Waals surface area contributed by atoms with Crippen LogP contribution in [0.4, 0.5) is 0 Å². The molecule has 0 aromatic heterocycles. The van der Waals surface area contributed by atoms with Crippen molar-refractivity contribution in [2.75, 3.05) is 27.1 Å². The summed E-state index contributed by atoms with van der Waals surface area (Å²) in [5.74, 6) is -0.142. The molecule has 2 N–H and O–H groups in total. The van der Waals surface area contributed by atoms with Gasteiger partial charge in [0.2, 0.25) is 6.79 Å².